The van der Waals surface area contributed by atoms with E-state index in [1.54, 1.807) is 0 Å². The van der Waals surface area contributed by atoms with Gasteiger partial charge in [0.25, 0.3) is 0 Å². The standard InChI is InChI=1S/C45H29N3O/c1-3-11-30(12-4-1)31-19-22-34(23-20-31)47(43-28-27-42-45(46-43)44-36-16-8-7-13-32(36)21-26-41(44)49-42)35-24-25-38-37-17-9-10-18-39(37)48(40(38)29-35)33-14-5-2-6-15-33/h1-29H. The lowest BCUT2D eigenvalue weighted by atomic mass is 10.0. The van der Waals surface area contributed by atoms with E-state index < -0.39 is 0 Å². The highest BCUT2D eigenvalue weighted by Gasteiger charge is 2.20. The largest absolute Gasteiger partial charge is 0.454 e. The van der Waals surface area contributed by atoms with Crippen molar-refractivity contribution in [2.75, 3.05) is 4.90 Å². The Balaban J connectivity index is 1.22. The molecule has 0 saturated heterocycles. The second kappa shape index (κ2) is 11.0. The summed E-state index contributed by atoms with van der Waals surface area (Å²) in [5, 5.41) is 5.77. The van der Waals surface area contributed by atoms with Gasteiger partial charge in [-0.25, -0.2) is 4.98 Å². The summed E-state index contributed by atoms with van der Waals surface area (Å²) in [6, 6.07) is 62.0. The average Bonchev–Trinajstić information content (AvgIpc) is 3.71. The Hall–Kier alpha value is -6.65. The van der Waals surface area contributed by atoms with Gasteiger partial charge in [-0.2, -0.15) is 0 Å². The zero-order valence-electron chi connectivity index (χ0n) is 26.5. The lowest BCUT2D eigenvalue weighted by Gasteiger charge is -2.25. The zero-order valence-corrected chi connectivity index (χ0v) is 26.5. The molecule has 10 aromatic rings. The van der Waals surface area contributed by atoms with Crippen LogP contribution in [-0.4, -0.2) is 9.55 Å². The van der Waals surface area contributed by atoms with Crippen LogP contribution in [0.1, 0.15) is 0 Å². The summed E-state index contributed by atoms with van der Waals surface area (Å²) in [5.41, 5.74) is 10.3. The van der Waals surface area contributed by atoms with Gasteiger partial charge in [-0.15, -0.1) is 0 Å². The fourth-order valence-electron chi connectivity index (χ4n) is 7.32. The minimum Gasteiger partial charge on any atom is -0.454 e. The Morgan fingerprint density at radius 2 is 1.12 bits per heavy atom. The van der Waals surface area contributed by atoms with Crippen molar-refractivity contribution in [2.45, 2.75) is 0 Å². The molecule has 0 spiro atoms. The third kappa shape index (κ3) is 4.42. The van der Waals surface area contributed by atoms with E-state index in [2.05, 4.69) is 185 Å². The van der Waals surface area contributed by atoms with Gasteiger partial charge in [0, 0.05) is 27.8 Å². The first kappa shape index (κ1) is 27.5. The molecule has 0 radical (unpaired) electrons. The maximum Gasteiger partial charge on any atom is 0.154 e. The van der Waals surface area contributed by atoms with Crippen LogP contribution < -0.4 is 4.90 Å². The van der Waals surface area contributed by atoms with Crippen LogP contribution in [0.4, 0.5) is 17.2 Å². The molecular weight excluding hydrogens is 599 g/mol. The van der Waals surface area contributed by atoms with Crippen molar-refractivity contribution in [2.24, 2.45) is 0 Å². The monoisotopic (exact) mass is 627 g/mol. The highest BCUT2D eigenvalue weighted by atomic mass is 16.3. The van der Waals surface area contributed by atoms with Crippen LogP contribution in [-0.2, 0) is 0 Å². The first-order chi connectivity index (χ1) is 24.3. The van der Waals surface area contributed by atoms with E-state index in [-0.39, 0.29) is 0 Å². The number of anilines is 3. The molecule has 0 atom stereocenters. The van der Waals surface area contributed by atoms with Gasteiger partial charge in [-0.1, -0.05) is 115 Å². The van der Waals surface area contributed by atoms with Crippen molar-refractivity contribution in [3.63, 3.8) is 0 Å². The minimum absolute atomic E-state index is 0.772. The quantitative estimate of drug-likeness (QED) is 0.190. The van der Waals surface area contributed by atoms with E-state index in [0.29, 0.717) is 0 Å². The van der Waals surface area contributed by atoms with Crippen LogP contribution in [0.5, 0.6) is 0 Å². The molecule has 4 nitrogen and oxygen atoms in total. The fourth-order valence-corrected chi connectivity index (χ4v) is 7.32. The van der Waals surface area contributed by atoms with Gasteiger partial charge in [0.15, 0.2) is 5.58 Å². The van der Waals surface area contributed by atoms with Crippen molar-refractivity contribution in [3.8, 4) is 16.8 Å². The molecule has 0 aliphatic rings. The van der Waals surface area contributed by atoms with E-state index in [1.165, 1.54) is 27.4 Å². The molecule has 3 heterocycles. The normalized spacial score (nSPS) is 11.7. The molecule has 10 rings (SSSR count). The molecule has 49 heavy (non-hydrogen) atoms. The molecule has 0 bridgehead atoms. The van der Waals surface area contributed by atoms with Gasteiger partial charge in [-0.05, 0) is 82.6 Å². The molecule has 0 aliphatic carbocycles. The third-order valence-corrected chi connectivity index (χ3v) is 9.58. The van der Waals surface area contributed by atoms with Crippen molar-refractivity contribution >= 4 is 71.8 Å². The fraction of sp³-hybridized carbons (Fsp3) is 0. The summed E-state index contributed by atoms with van der Waals surface area (Å²) < 4.78 is 8.70. The first-order valence-corrected chi connectivity index (χ1v) is 16.6. The number of benzene rings is 7. The zero-order chi connectivity index (χ0) is 32.3. The highest BCUT2D eigenvalue weighted by molar-refractivity contribution is 6.17. The Labute approximate surface area is 282 Å². The van der Waals surface area contributed by atoms with Crippen molar-refractivity contribution < 1.29 is 4.42 Å². The summed E-state index contributed by atoms with van der Waals surface area (Å²) in [6.07, 6.45) is 0. The molecule has 0 saturated carbocycles. The van der Waals surface area contributed by atoms with Crippen molar-refractivity contribution in [1.82, 2.24) is 9.55 Å². The number of rotatable bonds is 5. The molecule has 3 aromatic heterocycles. The Morgan fingerprint density at radius 3 is 1.96 bits per heavy atom. The van der Waals surface area contributed by atoms with E-state index in [9.17, 15) is 0 Å². The van der Waals surface area contributed by atoms with E-state index in [1.807, 2.05) is 0 Å². The number of pyridine rings is 1. The van der Waals surface area contributed by atoms with Crippen LogP contribution in [0.3, 0.4) is 0 Å². The Kier molecular flexibility index (Phi) is 6.15. The first-order valence-electron chi connectivity index (χ1n) is 16.6. The molecule has 230 valence electrons. The summed E-state index contributed by atoms with van der Waals surface area (Å²) in [4.78, 5) is 7.63. The van der Waals surface area contributed by atoms with Gasteiger partial charge >= 0.3 is 0 Å². The summed E-state index contributed by atoms with van der Waals surface area (Å²) in [6.45, 7) is 0. The Morgan fingerprint density at radius 1 is 0.469 bits per heavy atom. The molecule has 0 unspecified atom stereocenters. The van der Waals surface area contributed by atoms with Gasteiger partial charge in [0.2, 0.25) is 0 Å². The molecule has 4 heteroatoms. The number of furan rings is 1. The topological polar surface area (TPSA) is 34.2 Å². The van der Waals surface area contributed by atoms with Crippen molar-refractivity contribution in [3.05, 3.63) is 176 Å². The predicted octanol–water partition coefficient (Wildman–Crippen LogP) is 12.4. The number of nitrogens with zero attached hydrogens (tertiary/aromatic N) is 3. The third-order valence-electron chi connectivity index (χ3n) is 9.58. The van der Waals surface area contributed by atoms with Crippen LogP contribution in [0.2, 0.25) is 0 Å². The molecular formula is C45H29N3O. The summed E-state index contributed by atoms with van der Waals surface area (Å²) in [7, 11) is 0. The van der Waals surface area contributed by atoms with E-state index in [0.717, 1.165) is 61.2 Å². The lowest BCUT2D eigenvalue weighted by Crippen LogP contribution is -2.11. The molecule has 0 aliphatic heterocycles. The maximum absolute atomic E-state index is 6.34. The minimum atomic E-state index is 0.772. The van der Waals surface area contributed by atoms with E-state index in [4.69, 9.17) is 9.40 Å². The number of para-hydroxylation sites is 2. The summed E-state index contributed by atoms with van der Waals surface area (Å²) >= 11 is 0. The Bertz CT molecular complexity index is 2820. The van der Waals surface area contributed by atoms with Gasteiger partial charge < -0.3 is 8.98 Å². The van der Waals surface area contributed by atoms with Gasteiger partial charge in [0.05, 0.1) is 16.4 Å². The van der Waals surface area contributed by atoms with Crippen LogP contribution in [0.25, 0.3) is 71.5 Å². The lowest BCUT2D eigenvalue weighted by molar-refractivity contribution is 0.668. The smallest absolute Gasteiger partial charge is 0.154 e. The number of hydrogen-bond donors (Lipinski definition) is 0. The molecule has 7 aromatic carbocycles. The van der Waals surface area contributed by atoms with Crippen molar-refractivity contribution in [1.29, 1.82) is 0 Å². The highest BCUT2D eigenvalue weighted by Crippen LogP contribution is 2.41. The summed E-state index contributed by atoms with van der Waals surface area (Å²) in [5.74, 6) is 0.817. The predicted molar refractivity (Wildman–Crippen MR) is 203 cm³/mol. The van der Waals surface area contributed by atoms with Crippen LogP contribution in [0.15, 0.2) is 180 Å². The SMILES string of the molecule is c1ccc(-c2ccc(N(c3ccc4c5ccccc5n(-c5ccccc5)c4c3)c3ccc4oc5ccc6ccccc6c5c4n3)cc2)cc1. The molecule has 0 fully saturated rings. The number of fused-ring (bicyclic) bond motifs is 8. The van der Waals surface area contributed by atoms with Crippen LogP contribution >= 0.6 is 0 Å². The number of hydrogen-bond acceptors (Lipinski definition) is 3. The average molecular weight is 628 g/mol. The second-order valence-corrected chi connectivity index (χ2v) is 12.4. The maximum atomic E-state index is 6.34. The number of aromatic nitrogens is 2. The van der Waals surface area contributed by atoms with E-state index >= 15 is 0 Å². The van der Waals surface area contributed by atoms with Crippen LogP contribution in [0, 0.1) is 0 Å². The second-order valence-electron chi connectivity index (χ2n) is 12.4. The molecule has 0 amide bonds. The van der Waals surface area contributed by atoms with Gasteiger partial charge in [0.1, 0.15) is 16.9 Å². The molecule has 0 N–H and O–H groups in total. The van der Waals surface area contributed by atoms with Gasteiger partial charge in [-0.3, -0.25) is 4.90 Å².